The molecule has 1 aromatic heterocycles. The molecule has 3 nitrogen and oxygen atoms in total. The molecule has 0 aromatic carbocycles. The average molecular weight is 218 g/mol. The van der Waals surface area contributed by atoms with Crippen molar-refractivity contribution in [2.24, 2.45) is 0 Å². The van der Waals surface area contributed by atoms with Crippen molar-refractivity contribution in [2.45, 2.75) is 13.0 Å². The van der Waals surface area contributed by atoms with Crippen LogP contribution in [0.3, 0.4) is 0 Å². The molecule has 74 valence electrons. The highest BCUT2D eigenvalue weighted by atomic mass is 32.1. The summed E-state index contributed by atoms with van der Waals surface area (Å²) >= 11 is 6.46. The van der Waals surface area contributed by atoms with Crippen molar-refractivity contribution in [1.82, 2.24) is 9.47 Å². The number of aromatic nitrogens is 1. The smallest absolute Gasteiger partial charge is 0.202 e. The molecule has 0 atom stereocenters. The SMILES string of the molecule is CN(C)CCCn1c(O)csc1=S. The van der Waals surface area contributed by atoms with Crippen molar-refractivity contribution in [2.75, 3.05) is 20.6 Å². The summed E-state index contributed by atoms with van der Waals surface area (Å²) in [6.07, 6.45) is 1.01. The van der Waals surface area contributed by atoms with Gasteiger partial charge in [-0.05, 0) is 39.3 Å². The van der Waals surface area contributed by atoms with Crippen LogP contribution in [0.15, 0.2) is 5.38 Å². The number of hydrogen-bond acceptors (Lipinski definition) is 4. The van der Waals surface area contributed by atoms with Gasteiger partial charge in [0, 0.05) is 6.54 Å². The van der Waals surface area contributed by atoms with E-state index in [0.29, 0.717) is 0 Å². The zero-order chi connectivity index (χ0) is 9.84. The minimum atomic E-state index is 0.286. The van der Waals surface area contributed by atoms with Crippen molar-refractivity contribution in [3.63, 3.8) is 0 Å². The average Bonchev–Trinajstić information content (AvgIpc) is 2.34. The van der Waals surface area contributed by atoms with Gasteiger partial charge in [-0.15, -0.1) is 11.3 Å². The second kappa shape index (κ2) is 4.74. The van der Waals surface area contributed by atoms with Gasteiger partial charge in [-0.2, -0.15) is 0 Å². The maximum atomic E-state index is 9.39. The molecular formula is C8H14N2OS2. The summed E-state index contributed by atoms with van der Waals surface area (Å²) in [6.45, 7) is 1.81. The van der Waals surface area contributed by atoms with E-state index in [9.17, 15) is 5.11 Å². The molecule has 1 heterocycles. The Kier molecular flexibility index (Phi) is 3.90. The Hall–Kier alpha value is -0.390. The molecule has 0 aliphatic rings. The monoisotopic (exact) mass is 218 g/mol. The molecule has 1 N–H and O–H groups in total. The second-order valence-electron chi connectivity index (χ2n) is 3.17. The van der Waals surface area contributed by atoms with Crippen LogP contribution in [0.1, 0.15) is 6.42 Å². The van der Waals surface area contributed by atoms with E-state index in [1.807, 2.05) is 14.1 Å². The molecule has 0 spiro atoms. The Balaban J connectivity index is 2.50. The van der Waals surface area contributed by atoms with Gasteiger partial charge in [-0.1, -0.05) is 0 Å². The van der Waals surface area contributed by atoms with Gasteiger partial charge in [0.2, 0.25) is 5.88 Å². The predicted molar refractivity (Wildman–Crippen MR) is 58.0 cm³/mol. The van der Waals surface area contributed by atoms with Crippen LogP contribution in [-0.2, 0) is 6.54 Å². The van der Waals surface area contributed by atoms with Crippen molar-refractivity contribution in [3.05, 3.63) is 9.33 Å². The van der Waals surface area contributed by atoms with Gasteiger partial charge in [0.15, 0.2) is 3.95 Å². The predicted octanol–water partition coefficient (Wildman–Crippen LogP) is 1.94. The summed E-state index contributed by atoms with van der Waals surface area (Å²) < 4.78 is 2.51. The van der Waals surface area contributed by atoms with Crippen LogP contribution in [0.4, 0.5) is 0 Å². The van der Waals surface area contributed by atoms with E-state index in [0.717, 1.165) is 23.5 Å². The zero-order valence-corrected chi connectivity index (χ0v) is 9.49. The summed E-state index contributed by atoms with van der Waals surface area (Å²) in [4.78, 5) is 2.12. The molecular weight excluding hydrogens is 204 g/mol. The largest absolute Gasteiger partial charge is 0.494 e. The lowest BCUT2D eigenvalue weighted by atomic mass is 10.4. The van der Waals surface area contributed by atoms with Crippen LogP contribution in [0, 0.1) is 3.95 Å². The Morgan fingerprint density at radius 2 is 2.31 bits per heavy atom. The van der Waals surface area contributed by atoms with Gasteiger partial charge >= 0.3 is 0 Å². The molecule has 0 aliphatic carbocycles. The lowest BCUT2D eigenvalue weighted by Gasteiger charge is -2.09. The molecule has 0 radical (unpaired) electrons. The summed E-state index contributed by atoms with van der Waals surface area (Å²) in [5, 5.41) is 11.1. The zero-order valence-electron chi connectivity index (χ0n) is 7.86. The van der Waals surface area contributed by atoms with E-state index >= 15 is 0 Å². The topological polar surface area (TPSA) is 28.4 Å². The lowest BCUT2D eigenvalue weighted by molar-refractivity contribution is 0.367. The van der Waals surface area contributed by atoms with E-state index in [4.69, 9.17) is 12.2 Å². The van der Waals surface area contributed by atoms with E-state index in [1.165, 1.54) is 11.3 Å². The van der Waals surface area contributed by atoms with Gasteiger partial charge in [0.05, 0.1) is 5.38 Å². The first-order valence-corrected chi connectivity index (χ1v) is 5.42. The lowest BCUT2D eigenvalue weighted by Crippen LogP contribution is -2.14. The fourth-order valence-corrected chi connectivity index (χ4v) is 2.05. The number of rotatable bonds is 4. The summed E-state index contributed by atoms with van der Waals surface area (Å²) in [5.74, 6) is 0.286. The van der Waals surface area contributed by atoms with Gasteiger partial charge in [0.25, 0.3) is 0 Å². The van der Waals surface area contributed by atoms with Gasteiger partial charge < -0.3 is 10.0 Å². The van der Waals surface area contributed by atoms with Gasteiger partial charge in [-0.3, -0.25) is 4.57 Å². The fourth-order valence-electron chi connectivity index (χ4n) is 1.07. The fraction of sp³-hybridized carbons (Fsp3) is 0.625. The van der Waals surface area contributed by atoms with Crippen LogP contribution in [0.25, 0.3) is 0 Å². The molecule has 0 amide bonds. The highest BCUT2D eigenvalue weighted by Crippen LogP contribution is 2.17. The van der Waals surface area contributed by atoms with Crippen LogP contribution < -0.4 is 0 Å². The number of nitrogens with zero attached hydrogens (tertiary/aromatic N) is 2. The molecule has 0 fully saturated rings. The Bertz CT molecular complexity index is 316. The molecule has 0 bridgehead atoms. The Morgan fingerprint density at radius 3 is 2.77 bits per heavy atom. The highest BCUT2D eigenvalue weighted by molar-refractivity contribution is 7.73. The first kappa shape index (κ1) is 10.7. The van der Waals surface area contributed by atoms with Crippen molar-refractivity contribution < 1.29 is 5.11 Å². The third kappa shape index (κ3) is 3.10. The Morgan fingerprint density at radius 1 is 1.62 bits per heavy atom. The molecule has 5 heteroatoms. The van der Waals surface area contributed by atoms with E-state index in [-0.39, 0.29) is 5.88 Å². The summed E-state index contributed by atoms with van der Waals surface area (Å²) in [7, 11) is 4.07. The van der Waals surface area contributed by atoms with Crippen LogP contribution in [0.2, 0.25) is 0 Å². The number of hydrogen-bond donors (Lipinski definition) is 1. The van der Waals surface area contributed by atoms with Crippen LogP contribution >= 0.6 is 23.6 Å². The molecule has 0 saturated carbocycles. The molecule has 0 aliphatic heterocycles. The van der Waals surface area contributed by atoms with E-state index in [2.05, 4.69) is 4.90 Å². The maximum absolute atomic E-state index is 9.39. The molecule has 1 rings (SSSR count). The van der Waals surface area contributed by atoms with Crippen molar-refractivity contribution >= 4 is 23.6 Å². The molecule has 0 unspecified atom stereocenters. The van der Waals surface area contributed by atoms with Crippen molar-refractivity contribution in [1.29, 1.82) is 0 Å². The molecule has 0 saturated heterocycles. The minimum Gasteiger partial charge on any atom is -0.494 e. The number of aromatic hydroxyl groups is 1. The second-order valence-corrected chi connectivity index (χ2v) is 4.67. The van der Waals surface area contributed by atoms with Gasteiger partial charge in [-0.25, -0.2) is 0 Å². The van der Waals surface area contributed by atoms with E-state index < -0.39 is 0 Å². The number of thiazole rings is 1. The first-order valence-electron chi connectivity index (χ1n) is 4.13. The Labute approximate surface area is 87.2 Å². The summed E-state index contributed by atoms with van der Waals surface area (Å²) in [5.41, 5.74) is 0. The quantitative estimate of drug-likeness (QED) is 0.783. The third-order valence-electron chi connectivity index (χ3n) is 1.75. The molecule has 13 heavy (non-hydrogen) atoms. The third-order valence-corrected chi connectivity index (χ3v) is 3.01. The summed E-state index contributed by atoms with van der Waals surface area (Å²) in [6, 6.07) is 0. The minimum absolute atomic E-state index is 0.286. The molecule has 1 aromatic rings. The van der Waals surface area contributed by atoms with Crippen LogP contribution in [-0.4, -0.2) is 35.2 Å². The first-order chi connectivity index (χ1) is 6.11. The van der Waals surface area contributed by atoms with E-state index in [1.54, 1.807) is 9.95 Å². The van der Waals surface area contributed by atoms with Crippen molar-refractivity contribution in [3.8, 4) is 5.88 Å². The normalized spacial score (nSPS) is 11.0. The highest BCUT2D eigenvalue weighted by Gasteiger charge is 2.01. The van der Waals surface area contributed by atoms with Crippen LogP contribution in [0.5, 0.6) is 5.88 Å². The standard InChI is InChI=1S/C8H14N2OS2/c1-9(2)4-3-5-10-7(11)6-13-8(10)12/h6,11H,3-5H2,1-2H3. The maximum Gasteiger partial charge on any atom is 0.202 e. The van der Waals surface area contributed by atoms with Gasteiger partial charge in [0.1, 0.15) is 0 Å².